The molecule has 0 saturated carbocycles. The van der Waals surface area contributed by atoms with E-state index in [1.807, 2.05) is 0 Å². The van der Waals surface area contributed by atoms with Gasteiger partial charge in [-0.3, -0.25) is 14.9 Å². The van der Waals surface area contributed by atoms with Crippen LogP contribution in [0.2, 0.25) is 0 Å². The molecule has 0 bridgehead atoms. The van der Waals surface area contributed by atoms with Gasteiger partial charge in [0.1, 0.15) is 5.75 Å². The van der Waals surface area contributed by atoms with Gasteiger partial charge in [0.25, 0.3) is 11.6 Å². The van der Waals surface area contributed by atoms with Gasteiger partial charge in [-0.05, 0) is 32.3 Å². The van der Waals surface area contributed by atoms with Gasteiger partial charge in [0.15, 0.2) is 5.56 Å². The summed E-state index contributed by atoms with van der Waals surface area (Å²) >= 11 is 0. The summed E-state index contributed by atoms with van der Waals surface area (Å²) in [7, 11) is 0. The van der Waals surface area contributed by atoms with Crippen LogP contribution in [0.15, 0.2) is 18.2 Å². The quantitative estimate of drug-likeness (QED) is 0.627. The van der Waals surface area contributed by atoms with Crippen LogP contribution in [0.3, 0.4) is 0 Å². The van der Waals surface area contributed by atoms with Crippen LogP contribution in [0.5, 0.6) is 5.75 Å². The van der Waals surface area contributed by atoms with E-state index in [4.69, 9.17) is 4.74 Å². The molecule has 2 rings (SSSR count). The monoisotopic (exact) mass is 278 g/mol. The van der Waals surface area contributed by atoms with Gasteiger partial charge in [0, 0.05) is 19.2 Å². The highest BCUT2D eigenvalue weighted by Crippen LogP contribution is 2.30. The number of nitro benzene ring substituents is 1. The van der Waals surface area contributed by atoms with Crippen molar-refractivity contribution < 1.29 is 14.5 Å². The second kappa shape index (κ2) is 6.36. The van der Waals surface area contributed by atoms with E-state index < -0.39 is 4.92 Å². The van der Waals surface area contributed by atoms with Crippen LogP contribution in [0.4, 0.5) is 5.69 Å². The number of hydrogen-bond acceptors (Lipinski definition) is 4. The van der Waals surface area contributed by atoms with E-state index in [0.717, 1.165) is 19.3 Å². The molecule has 1 aliphatic rings. The molecule has 20 heavy (non-hydrogen) atoms. The lowest BCUT2D eigenvalue weighted by Gasteiger charge is -2.27. The number of rotatable bonds is 4. The summed E-state index contributed by atoms with van der Waals surface area (Å²) in [6.45, 7) is 3.45. The first-order valence-electron chi connectivity index (χ1n) is 6.84. The Balaban J connectivity index is 2.40. The predicted octanol–water partition coefficient (Wildman–Crippen LogP) is 2.62. The molecular formula is C14H18N2O4. The van der Waals surface area contributed by atoms with Crippen molar-refractivity contribution in [1.82, 2.24) is 4.90 Å². The zero-order valence-electron chi connectivity index (χ0n) is 11.5. The van der Waals surface area contributed by atoms with Gasteiger partial charge in [-0.25, -0.2) is 0 Å². The van der Waals surface area contributed by atoms with Gasteiger partial charge in [0.05, 0.1) is 11.5 Å². The number of amides is 1. The molecule has 1 saturated heterocycles. The highest BCUT2D eigenvalue weighted by atomic mass is 16.6. The Kier molecular flexibility index (Phi) is 4.55. The molecular weight excluding hydrogens is 260 g/mol. The number of likely N-dealkylation sites (tertiary alicyclic amines) is 1. The lowest BCUT2D eigenvalue weighted by atomic mass is 10.1. The lowest BCUT2D eigenvalue weighted by Crippen LogP contribution is -2.36. The van der Waals surface area contributed by atoms with Gasteiger partial charge >= 0.3 is 0 Å². The van der Waals surface area contributed by atoms with Crippen molar-refractivity contribution in [3.63, 3.8) is 0 Å². The van der Waals surface area contributed by atoms with Crippen LogP contribution in [-0.4, -0.2) is 35.4 Å². The minimum absolute atomic E-state index is 0.0706. The normalized spacial score (nSPS) is 14.9. The van der Waals surface area contributed by atoms with Crippen molar-refractivity contribution in [1.29, 1.82) is 0 Å². The van der Waals surface area contributed by atoms with E-state index in [2.05, 4.69) is 0 Å². The number of benzene rings is 1. The molecule has 0 unspecified atom stereocenters. The third-order valence-corrected chi connectivity index (χ3v) is 3.36. The van der Waals surface area contributed by atoms with E-state index in [-0.39, 0.29) is 22.9 Å². The second-order valence-electron chi connectivity index (χ2n) is 4.69. The first-order chi connectivity index (χ1) is 9.65. The van der Waals surface area contributed by atoms with E-state index in [9.17, 15) is 14.9 Å². The summed E-state index contributed by atoms with van der Waals surface area (Å²) in [6, 6.07) is 4.49. The number of carbonyl (C=O) groups excluding carboxylic acids is 1. The minimum atomic E-state index is -0.528. The molecule has 6 heteroatoms. The maximum absolute atomic E-state index is 12.6. The summed E-state index contributed by atoms with van der Waals surface area (Å²) in [5, 5.41) is 11.1. The maximum Gasteiger partial charge on any atom is 0.285 e. The molecule has 1 aliphatic heterocycles. The fourth-order valence-electron chi connectivity index (χ4n) is 2.42. The Hall–Kier alpha value is -2.11. The fourth-order valence-corrected chi connectivity index (χ4v) is 2.42. The Labute approximate surface area is 117 Å². The van der Waals surface area contributed by atoms with Crippen LogP contribution in [-0.2, 0) is 0 Å². The Morgan fingerprint density at radius 2 is 2.05 bits per heavy atom. The summed E-state index contributed by atoms with van der Waals surface area (Å²) in [6.07, 6.45) is 2.98. The van der Waals surface area contributed by atoms with Gasteiger partial charge in [-0.2, -0.15) is 0 Å². The van der Waals surface area contributed by atoms with Crippen molar-refractivity contribution >= 4 is 11.6 Å². The fraction of sp³-hybridized carbons (Fsp3) is 0.500. The Morgan fingerprint density at radius 3 is 2.65 bits per heavy atom. The number of nitrogens with zero attached hydrogens (tertiary/aromatic N) is 2. The topological polar surface area (TPSA) is 72.7 Å². The summed E-state index contributed by atoms with van der Waals surface area (Å²) in [4.78, 5) is 24.9. The number of ether oxygens (including phenoxy) is 1. The molecule has 0 spiro atoms. The van der Waals surface area contributed by atoms with Crippen LogP contribution in [0.25, 0.3) is 0 Å². The zero-order valence-corrected chi connectivity index (χ0v) is 11.5. The molecule has 0 aliphatic carbocycles. The molecule has 0 radical (unpaired) electrons. The molecule has 108 valence electrons. The average molecular weight is 278 g/mol. The third kappa shape index (κ3) is 2.89. The molecule has 1 amide bonds. The second-order valence-corrected chi connectivity index (χ2v) is 4.69. The Morgan fingerprint density at radius 1 is 1.35 bits per heavy atom. The summed E-state index contributed by atoms with van der Waals surface area (Å²) < 4.78 is 5.39. The number of piperidine rings is 1. The third-order valence-electron chi connectivity index (χ3n) is 3.36. The first kappa shape index (κ1) is 14.3. The van der Waals surface area contributed by atoms with Gasteiger partial charge in [0.2, 0.25) is 0 Å². The van der Waals surface area contributed by atoms with Crippen molar-refractivity contribution in [2.75, 3.05) is 19.7 Å². The van der Waals surface area contributed by atoms with Gasteiger partial charge in [-0.15, -0.1) is 0 Å². The van der Waals surface area contributed by atoms with Crippen molar-refractivity contribution in [2.24, 2.45) is 0 Å². The Bertz CT molecular complexity index is 510. The molecule has 1 fully saturated rings. The van der Waals surface area contributed by atoms with Crippen molar-refractivity contribution in [3.05, 3.63) is 33.9 Å². The summed E-state index contributed by atoms with van der Waals surface area (Å²) in [5.74, 6) is -0.0160. The predicted molar refractivity (Wildman–Crippen MR) is 74.0 cm³/mol. The maximum atomic E-state index is 12.6. The van der Waals surface area contributed by atoms with Crippen LogP contribution in [0.1, 0.15) is 36.5 Å². The van der Waals surface area contributed by atoms with Crippen molar-refractivity contribution in [3.8, 4) is 5.75 Å². The van der Waals surface area contributed by atoms with Gasteiger partial charge < -0.3 is 9.64 Å². The van der Waals surface area contributed by atoms with Crippen LogP contribution in [0, 0.1) is 10.1 Å². The minimum Gasteiger partial charge on any atom is -0.493 e. The number of nitro groups is 1. The zero-order chi connectivity index (χ0) is 14.5. The molecule has 1 heterocycles. The van der Waals surface area contributed by atoms with E-state index in [1.54, 1.807) is 17.9 Å². The molecule has 0 N–H and O–H groups in total. The highest BCUT2D eigenvalue weighted by Gasteiger charge is 2.29. The molecule has 0 aromatic heterocycles. The van der Waals surface area contributed by atoms with E-state index in [1.165, 1.54) is 12.1 Å². The smallest absolute Gasteiger partial charge is 0.285 e. The molecule has 0 atom stereocenters. The largest absolute Gasteiger partial charge is 0.493 e. The van der Waals surface area contributed by atoms with E-state index in [0.29, 0.717) is 19.7 Å². The standard InChI is InChI=1S/C14H18N2O4/c1-2-20-12-8-6-7-11(16(18)19)13(12)14(17)15-9-4-3-5-10-15/h6-8H,2-5,9-10H2,1H3. The van der Waals surface area contributed by atoms with E-state index >= 15 is 0 Å². The van der Waals surface area contributed by atoms with Crippen LogP contribution < -0.4 is 4.74 Å². The van der Waals surface area contributed by atoms with Gasteiger partial charge in [-0.1, -0.05) is 6.07 Å². The molecule has 6 nitrogen and oxygen atoms in total. The molecule has 1 aromatic carbocycles. The lowest BCUT2D eigenvalue weighted by molar-refractivity contribution is -0.385. The highest BCUT2D eigenvalue weighted by molar-refractivity contribution is 6.01. The average Bonchev–Trinajstić information content (AvgIpc) is 2.47. The summed E-state index contributed by atoms with van der Waals surface area (Å²) in [5.41, 5.74) is -0.118. The first-order valence-corrected chi connectivity index (χ1v) is 6.84. The number of carbonyl (C=O) groups is 1. The molecule has 1 aromatic rings. The SMILES string of the molecule is CCOc1cccc([N+](=O)[O-])c1C(=O)N1CCCCC1. The van der Waals surface area contributed by atoms with Crippen molar-refractivity contribution in [2.45, 2.75) is 26.2 Å². The van der Waals surface area contributed by atoms with Crippen LogP contribution >= 0.6 is 0 Å². The number of hydrogen-bond donors (Lipinski definition) is 0.